The highest BCUT2D eigenvalue weighted by Gasteiger charge is 2.39. The summed E-state index contributed by atoms with van der Waals surface area (Å²) in [7, 11) is 0. The average molecular weight is 267 g/mol. The van der Waals surface area contributed by atoms with Crippen molar-refractivity contribution in [1.29, 1.82) is 0 Å². The molecule has 0 aromatic carbocycles. The summed E-state index contributed by atoms with van der Waals surface area (Å²) >= 11 is 0. The van der Waals surface area contributed by atoms with Crippen LogP contribution in [-0.2, 0) is 9.59 Å². The van der Waals surface area contributed by atoms with Crippen molar-refractivity contribution in [1.82, 2.24) is 10.6 Å². The molecule has 2 amide bonds. The van der Waals surface area contributed by atoms with Crippen LogP contribution in [0.4, 0.5) is 0 Å². The van der Waals surface area contributed by atoms with Gasteiger partial charge in [-0.3, -0.25) is 9.59 Å². The zero-order valence-corrected chi connectivity index (χ0v) is 11.5. The second-order valence-corrected chi connectivity index (χ2v) is 6.03. The van der Waals surface area contributed by atoms with Gasteiger partial charge < -0.3 is 16.4 Å². The Labute approximate surface area is 114 Å². The molecule has 1 saturated heterocycles. The zero-order valence-electron chi connectivity index (χ0n) is 11.5. The third-order valence-corrected chi connectivity index (χ3v) is 4.65. The van der Waals surface area contributed by atoms with E-state index in [1.165, 1.54) is 6.42 Å². The van der Waals surface area contributed by atoms with E-state index < -0.39 is 5.41 Å². The van der Waals surface area contributed by atoms with Crippen LogP contribution < -0.4 is 16.4 Å². The lowest BCUT2D eigenvalue weighted by Gasteiger charge is -2.25. The van der Waals surface area contributed by atoms with Gasteiger partial charge >= 0.3 is 0 Å². The first kappa shape index (κ1) is 14.3. The zero-order chi connectivity index (χ0) is 13.7. The van der Waals surface area contributed by atoms with Crippen LogP contribution in [0.5, 0.6) is 0 Å². The summed E-state index contributed by atoms with van der Waals surface area (Å²) < 4.78 is 0. The van der Waals surface area contributed by atoms with Crippen molar-refractivity contribution >= 4 is 11.8 Å². The van der Waals surface area contributed by atoms with Gasteiger partial charge in [-0.15, -0.1) is 0 Å². The first-order valence-electron chi connectivity index (χ1n) is 7.40. The highest BCUT2D eigenvalue weighted by atomic mass is 16.2. The summed E-state index contributed by atoms with van der Waals surface area (Å²) in [5.74, 6) is 0.423. The number of nitrogens with one attached hydrogen (secondary N) is 2. The maximum atomic E-state index is 11.8. The Morgan fingerprint density at radius 3 is 2.63 bits per heavy atom. The largest absolute Gasteiger partial charge is 0.369 e. The van der Waals surface area contributed by atoms with Gasteiger partial charge in [0.05, 0.1) is 5.41 Å². The first-order valence-corrected chi connectivity index (χ1v) is 7.40. The van der Waals surface area contributed by atoms with Crippen molar-refractivity contribution in [3.05, 3.63) is 0 Å². The third-order valence-electron chi connectivity index (χ3n) is 4.65. The van der Waals surface area contributed by atoms with Gasteiger partial charge in [0.2, 0.25) is 11.8 Å². The predicted octanol–water partition coefficient (Wildman–Crippen LogP) is 0.538. The van der Waals surface area contributed by atoms with Crippen molar-refractivity contribution in [3.63, 3.8) is 0 Å². The van der Waals surface area contributed by atoms with Crippen molar-refractivity contribution < 1.29 is 9.59 Å². The van der Waals surface area contributed by atoms with E-state index in [0.717, 1.165) is 45.2 Å². The summed E-state index contributed by atoms with van der Waals surface area (Å²) in [4.78, 5) is 23.4. The molecule has 0 radical (unpaired) electrons. The van der Waals surface area contributed by atoms with E-state index >= 15 is 0 Å². The molecule has 5 heteroatoms. The number of rotatable bonds is 6. The van der Waals surface area contributed by atoms with Gasteiger partial charge in [0, 0.05) is 13.0 Å². The fraction of sp³-hybridized carbons (Fsp3) is 0.857. The summed E-state index contributed by atoms with van der Waals surface area (Å²) in [5, 5.41) is 6.21. The second kappa shape index (κ2) is 6.37. The van der Waals surface area contributed by atoms with Gasteiger partial charge in [-0.05, 0) is 44.7 Å². The smallest absolute Gasteiger partial charge is 0.225 e. The molecular weight excluding hydrogens is 242 g/mol. The Morgan fingerprint density at radius 2 is 2.05 bits per heavy atom. The Kier molecular flexibility index (Phi) is 4.80. The molecule has 5 nitrogen and oxygen atoms in total. The molecule has 1 atom stereocenters. The van der Waals surface area contributed by atoms with E-state index in [2.05, 4.69) is 10.6 Å². The van der Waals surface area contributed by atoms with Crippen LogP contribution >= 0.6 is 0 Å². The number of carbonyl (C=O) groups excluding carboxylic acids is 2. The summed E-state index contributed by atoms with van der Waals surface area (Å²) in [6.45, 7) is 2.51. The first-order chi connectivity index (χ1) is 9.12. The number of hydrogen-bond donors (Lipinski definition) is 3. The van der Waals surface area contributed by atoms with Crippen LogP contribution in [0.1, 0.15) is 44.9 Å². The molecule has 4 N–H and O–H groups in total. The van der Waals surface area contributed by atoms with Gasteiger partial charge in [0.15, 0.2) is 0 Å². The minimum Gasteiger partial charge on any atom is -0.369 e. The third kappa shape index (κ3) is 3.69. The minimum absolute atomic E-state index is 0.0550. The molecule has 2 aliphatic rings. The fourth-order valence-corrected chi connectivity index (χ4v) is 3.21. The highest BCUT2D eigenvalue weighted by Crippen LogP contribution is 2.37. The maximum Gasteiger partial charge on any atom is 0.225 e. The fourth-order valence-electron chi connectivity index (χ4n) is 3.21. The van der Waals surface area contributed by atoms with Gasteiger partial charge in [0.1, 0.15) is 0 Å². The maximum absolute atomic E-state index is 11.8. The van der Waals surface area contributed by atoms with Crippen LogP contribution in [0, 0.1) is 11.3 Å². The molecule has 1 unspecified atom stereocenters. The molecule has 0 aromatic rings. The van der Waals surface area contributed by atoms with Crippen LogP contribution in [0.2, 0.25) is 0 Å². The molecule has 2 fully saturated rings. The highest BCUT2D eigenvalue weighted by molar-refractivity contribution is 5.83. The summed E-state index contributed by atoms with van der Waals surface area (Å²) in [6, 6.07) is 0. The molecule has 1 saturated carbocycles. The lowest BCUT2D eigenvalue weighted by molar-refractivity contribution is -0.128. The van der Waals surface area contributed by atoms with Gasteiger partial charge in [-0.1, -0.05) is 12.8 Å². The van der Waals surface area contributed by atoms with Gasteiger partial charge in [0.25, 0.3) is 0 Å². The van der Waals surface area contributed by atoms with Crippen LogP contribution in [0.3, 0.4) is 0 Å². The minimum atomic E-state index is -0.482. The number of carbonyl (C=O) groups is 2. The Bertz CT molecular complexity index is 332. The molecule has 1 aliphatic carbocycles. The molecular formula is C14H25N3O2. The van der Waals surface area contributed by atoms with Crippen molar-refractivity contribution in [2.24, 2.45) is 17.1 Å². The normalized spacial score (nSPS) is 25.4. The Hall–Kier alpha value is -1.10. The molecule has 0 bridgehead atoms. The van der Waals surface area contributed by atoms with Crippen molar-refractivity contribution in [3.8, 4) is 0 Å². The van der Waals surface area contributed by atoms with Gasteiger partial charge in [-0.2, -0.15) is 0 Å². The monoisotopic (exact) mass is 267 g/mol. The van der Waals surface area contributed by atoms with E-state index in [-0.39, 0.29) is 11.8 Å². The molecule has 2 rings (SSSR count). The molecule has 1 aliphatic heterocycles. The van der Waals surface area contributed by atoms with Crippen molar-refractivity contribution in [2.45, 2.75) is 44.9 Å². The Morgan fingerprint density at radius 1 is 1.32 bits per heavy atom. The standard InChI is InChI=1S/C14H25N3O2/c15-13(19)14(6-1-2-7-14)10-17-12(18)4-3-11-5-8-16-9-11/h11,16H,1-10H2,(H2,15,19)(H,17,18). The quantitative estimate of drug-likeness (QED) is 0.656. The number of primary amides is 1. The topological polar surface area (TPSA) is 84.2 Å². The van der Waals surface area contributed by atoms with Crippen LogP contribution in [0.15, 0.2) is 0 Å². The van der Waals surface area contributed by atoms with E-state index in [1.807, 2.05) is 0 Å². The van der Waals surface area contributed by atoms with E-state index in [9.17, 15) is 9.59 Å². The second-order valence-electron chi connectivity index (χ2n) is 6.03. The lowest BCUT2D eigenvalue weighted by atomic mass is 9.85. The predicted molar refractivity (Wildman–Crippen MR) is 73.3 cm³/mol. The SMILES string of the molecule is NC(=O)C1(CNC(=O)CCC2CCNC2)CCCC1. The lowest BCUT2D eigenvalue weighted by Crippen LogP contribution is -2.44. The molecule has 1 heterocycles. The molecule has 19 heavy (non-hydrogen) atoms. The van der Waals surface area contributed by atoms with E-state index in [0.29, 0.717) is 18.9 Å². The Balaban J connectivity index is 1.71. The van der Waals surface area contributed by atoms with E-state index in [4.69, 9.17) is 5.73 Å². The average Bonchev–Trinajstić information content (AvgIpc) is 3.05. The summed E-state index contributed by atoms with van der Waals surface area (Å²) in [6.07, 6.45) is 6.35. The van der Waals surface area contributed by atoms with Gasteiger partial charge in [-0.25, -0.2) is 0 Å². The van der Waals surface area contributed by atoms with Crippen LogP contribution in [0.25, 0.3) is 0 Å². The molecule has 0 spiro atoms. The van der Waals surface area contributed by atoms with E-state index in [1.54, 1.807) is 0 Å². The van der Waals surface area contributed by atoms with Crippen LogP contribution in [-0.4, -0.2) is 31.4 Å². The van der Waals surface area contributed by atoms with Crippen molar-refractivity contribution in [2.75, 3.05) is 19.6 Å². The number of nitrogens with two attached hydrogens (primary N) is 1. The molecule has 0 aromatic heterocycles. The summed E-state index contributed by atoms with van der Waals surface area (Å²) in [5.41, 5.74) is 5.01. The molecule has 108 valence electrons. The number of amides is 2. The number of hydrogen-bond acceptors (Lipinski definition) is 3.